The Morgan fingerprint density at radius 1 is 1.30 bits per heavy atom. The Morgan fingerprint density at radius 2 is 2.09 bits per heavy atom. The molecule has 3 aromatic rings. The number of imidazole rings is 1. The molecule has 0 amide bonds. The molecule has 1 aromatic carbocycles. The van der Waals surface area contributed by atoms with Crippen molar-refractivity contribution in [2.24, 2.45) is 7.05 Å². The van der Waals surface area contributed by atoms with E-state index in [4.69, 9.17) is 4.42 Å². The summed E-state index contributed by atoms with van der Waals surface area (Å²) in [7, 11) is 1.97. The minimum Gasteiger partial charge on any atom is -0.423 e. The maximum Gasteiger partial charge on any atom is 0.336 e. The third kappa shape index (κ3) is 3.20. The Morgan fingerprint density at radius 3 is 2.74 bits per heavy atom. The largest absolute Gasteiger partial charge is 0.423 e. The summed E-state index contributed by atoms with van der Waals surface area (Å²) < 4.78 is 7.37. The highest BCUT2D eigenvalue weighted by Crippen LogP contribution is 2.29. The van der Waals surface area contributed by atoms with E-state index in [-0.39, 0.29) is 5.63 Å². The molecule has 23 heavy (non-hydrogen) atoms. The van der Waals surface area contributed by atoms with Crippen LogP contribution in [0.3, 0.4) is 0 Å². The Bertz CT molecular complexity index is 909. The molecule has 3 rings (SSSR count). The molecule has 2 heterocycles. The second-order valence-electron chi connectivity index (χ2n) is 6.06. The number of thioether (sulfide) groups is 1. The van der Waals surface area contributed by atoms with Crippen molar-refractivity contribution < 1.29 is 4.42 Å². The van der Waals surface area contributed by atoms with E-state index >= 15 is 0 Å². The van der Waals surface area contributed by atoms with Gasteiger partial charge in [-0.25, -0.2) is 9.78 Å². The number of nitrogens with zero attached hydrogens (tertiary/aromatic N) is 2. The second-order valence-corrected chi connectivity index (χ2v) is 7.00. The molecular formula is C18H20N2O2S. The van der Waals surface area contributed by atoms with Gasteiger partial charge in [0.2, 0.25) is 0 Å². The number of aryl methyl sites for hydroxylation is 2. The van der Waals surface area contributed by atoms with Gasteiger partial charge >= 0.3 is 5.63 Å². The molecule has 0 fully saturated rings. The van der Waals surface area contributed by atoms with Crippen molar-refractivity contribution in [2.45, 2.75) is 37.6 Å². The number of hydrogen-bond donors (Lipinski definition) is 0. The first kappa shape index (κ1) is 15.9. The van der Waals surface area contributed by atoms with E-state index in [1.54, 1.807) is 24.0 Å². The van der Waals surface area contributed by atoms with Crippen LogP contribution in [0, 0.1) is 6.92 Å². The molecule has 0 bridgehead atoms. The fourth-order valence-electron chi connectivity index (χ4n) is 2.77. The number of benzene rings is 1. The van der Waals surface area contributed by atoms with E-state index in [9.17, 15) is 4.79 Å². The first-order valence-corrected chi connectivity index (χ1v) is 8.61. The number of rotatable bonds is 4. The number of fused-ring (bicyclic) bond motifs is 1. The number of hydrogen-bond acceptors (Lipinski definition) is 4. The minimum atomic E-state index is -0.301. The van der Waals surface area contributed by atoms with Gasteiger partial charge in [-0.3, -0.25) is 0 Å². The predicted molar refractivity (Wildman–Crippen MR) is 94.1 cm³/mol. The summed E-state index contributed by atoms with van der Waals surface area (Å²) >= 11 is 1.62. The number of aromatic nitrogens is 2. The summed E-state index contributed by atoms with van der Waals surface area (Å²) in [5, 5.41) is 1.95. The lowest BCUT2D eigenvalue weighted by Gasteiger charge is -2.13. The molecule has 0 aliphatic heterocycles. The summed E-state index contributed by atoms with van der Waals surface area (Å²) in [6.45, 7) is 6.41. The van der Waals surface area contributed by atoms with Gasteiger partial charge in [-0.15, -0.1) is 0 Å². The standard InChI is InChI=1S/C18H20N2O2S/c1-11(2)14-9-15-13(10-23-18-19-5-6-20(18)4)8-17(21)22-16(15)7-12(14)3/h5-9,11H,10H2,1-4H3. The summed E-state index contributed by atoms with van der Waals surface area (Å²) in [6.07, 6.45) is 3.69. The van der Waals surface area contributed by atoms with Crippen LogP contribution >= 0.6 is 11.8 Å². The maximum absolute atomic E-state index is 11.9. The van der Waals surface area contributed by atoms with E-state index in [0.717, 1.165) is 21.7 Å². The van der Waals surface area contributed by atoms with Crippen molar-refractivity contribution in [3.05, 3.63) is 57.7 Å². The van der Waals surface area contributed by atoms with Gasteiger partial charge in [0.15, 0.2) is 5.16 Å². The van der Waals surface area contributed by atoms with Crippen LogP contribution in [0.1, 0.15) is 36.5 Å². The van der Waals surface area contributed by atoms with Crippen LogP contribution in [-0.2, 0) is 12.8 Å². The van der Waals surface area contributed by atoms with Crippen molar-refractivity contribution in [1.82, 2.24) is 9.55 Å². The van der Waals surface area contributed by atoms with Gasteiger partial charge in [0.05, 0.1) is 0 Å². The maximum atomic E-state index is 11.9. The monoisotopic (exact) mass is 328 g/mol. The van der Waals surface area contributed by atoms with E-state index < -0.39 is 0 Å². The van der Waals surface area contributed by atoms with Crippen LogP contribution in [0.4, 0.5) is 0 Å². The Balaban J connectivity index is 2.06. The van der Waals surface area contributed by atoms with Crippen LogP contribution in [0.5, 0.6) is 0 Å². The lowest BCUT2D eigenvalue weighted by atomic mass is 9.95. The lowest BCUT2D eigenvalue weighted by molar-refractivity contribution is 0.559. The van der Waals surface area contributed by atoms with Crippen LogP contribution in [-0.4, -0.2) is 9.55 Å². The van der Waals surface area contributed by atoms with Gasteiger partial charge in [0.25, 0.3) is 0 Å². The zero-order chi connectivity index (χ0) is 16.6. The van der Waals surface area contributed by atoms with E-state index in [0.29, 0.717) is 17.3 Å². The molecule has 0 atom stereocenters. The second kappa shape index (κ2) is 6.24. The average molecular weight is 328 g/mol. The highest BCUT2D eigenvalue weighted by atomic mass is 32.2. The molecule has 4 nitrogen and oxygen atoms in total. The van der Waals surface area contributed by atoms with E-state index in [2.05, 4.69) is 31.8 Å². The lowest BCUT2D eigenvalue weighted by Crippen LogP contribution is -2.02. The van der Waals surface area contributed by atoms with Crippen LogP contribution in [0.2, 0.25) is 0 Å². The topological polar surface area (TPSA) is 48.0 Å². The molecular weight excluding hydrogens is 308 g/mol. The first-order valence-electron chi connectivity index (χ1n) is 7.63. The fraction of sp³-hybridized carbons (Fsp3) is 0.333. The van der Waals surface area contributed by atoms with Gasteiger partial charge < -0.3 is 8.98 Å². The average Bonchev–Trinajstić information content (AvgIpc) is 2.88. The van der Waals surface area contributed by atoms with Crippen molar-refractivity contribution >= 4 is 22.7 Å². The smallest absolute Gasteiger partial charge is 0.336 e. The molecule has 0 radical (unpaired) electrons. The van der Waals surface area contributed by atoms with Crippen LogP contribution in [0.25, 0.3) is 11.0 Å². The minimum absolute atomic E-state index is 0.301. The van der Waals surface area contributed by atoms with Crippen LogP contribution in [0.15, 0.2) is 45.0 Å². The molecule has 0 unspecified atom stereocenters. The summed E-state index contributed by atoms with van der Waals surface area (Å²) in [4.78, 5) is 16.2. The third-order valence-corrected chi connectivity index (χ3v) is 5.08. The SMILES string of the molecule is Cc1cc2oc(=O)cc(CSc3nccn3C)c2cc1C(C)C. The van der Waals surface area contributed by atoms with Crippen molar-refractivity contribution in [3.8, 4) is 0 Å². The molecule has 2 aromatic heterocycles. The molecule has 0 N–H and O–H groups in total. The van der Waals surface area contributed by atoms with Crippen molar-refractivity contribution in [1.29, 1.82) is 0 Å². The van der Waals surface area contributed by atoms with E-state index in [1.165, 1.54) is 5.56 Å². The zero-order valence-corrected chi connectivity index (χ0v) is 14.6. The summed E-state index contributed by atoms with van der Waals surface area (Å²) in [5.74, 6) is 1.12. The van der Waals surface area contributed by atoms with Gasteiger partial charge in [-0.05, 0) is 41.7 Å². The Hall–Kier alpha value is -2.01. The normalized spacial score (nSPS) is 11.5. The first-order chi connectivity index (χ1) is 11.0. The van der Waals surface area contributed by atoms with Gasteiger partial charge in [0.1, 0.15) is 5.58 Å². The van der Waals surface area contributed by atoms with Crippen LogP contribution < -0.4 is 5.63 Å². The summed E-state index contributed by atoms with van der Waals surface area (Å²) in [5.41, 5.74) is 3.80. The summed E-state index contributed by atoms with van der Waals surface area (Å²) in [6, 6.07) is 5.73. The molecule has 0 saturated heterocycles. The highest BCUT2D eigenvalue weighted by molar-refractivity contribution is 7.98. The Kier molecular flexibility index (Phi) is 4.31. The predicted octanol–water partition coefficient (Wildman–Crippen LogP) is 4.25. The van der Waals surface area contributed by atoms with Crippen molar-refractivity contribution in [3.63, 3.8) is 0 Å². The molecule has 0 spiro atoms. The van der Waals surface area contributed by atoms with Crippen molar-refractivity contribution in [2.75, 3.05) is 0 Å². The Labute approximate surface area is 139 Å². The molecule has 120 valence electrons. The third-order valence-electron chi connectivity index (χ3n) is 3.97. The van der Waals surface area contributed by atoms with Gasteiger partial charge in [-0.2, -0.15) is 0 Å². The quantitative estimate of drug-likeness (QED) is 0.530. The fourth-order valence-corrected chi connectivity index (χ4v) is 3.69. The zero-order valence-electron chi connectivity index (χ0n) is 13.8. The highest BCUT2D eigenvalue weighted by Gasteiger charge is 2.12. The van der Waals surface area contributed by atoms with Gasteiger partial charge in [-0.1, -0.05) is 25.6 Å². The molecule has 0 saturated carbocycles. The van der Waals surface area contributed by atoms with Gasteiger partial charge in [0, 0.05) is 36.6 Å². The molecule has 0 aliphatic carbocycles. The molecule has 0 aliphatic rings. The van der Waals surface area contributed by atoms with E-state index in [1.807, 2.05) is 23.9 Å². The molecule has 5 heteroatoms.